The van der Waals surface area contributed by atoms with Crippen LogP contribution in [0.1, 0.15) is 0 Å². The number of hydrogen-bond acceptors (Lipinski definition) is 4. The first kappa shape index (κ1) is 13.8. The largest absolute Gasteiger partial charge is 0.486 e. The number of halogens is 2. The van der Waals surface area contributed by atoms with Gasteiger partial charge in [-0.05, 0) is 5.57 Å². The van der Waals surface area contributed by atoms with Gasteiger partial charge < -0.3 is 10.5 Å². The van der Waals surface area contributed by atoms with Crippen LogP contribution in [-0.2, 0) is 0 Å². The van der Waals surface area contributed by atoms with Gasteiger partial charge in [-0.3, -0.25) is 10.1 Å². The van der Waals surface area contributed by atoms with E-state index in [0.717, 1.165) is 0 Å². The van der Waals surface area contributed by atoms with E-state index in [1.54, 1.807) is 0 Å². The van der Waals surface area contributed by atoms with Crippen LogP contribution in [0.2, 0.25) is 10.0 Å². The Morgan fingerprint density at radius 1 is 1.47 bits per heavy atom. The number of non-ortho nitro benzene ring substituents is 1. The molecule has 0 heterocycles. The fraction of sp³-hybridized carbons (Fsp3) is 0.200. The summed E-state index contributed by atoms with van der Waals surface area (Å²) in [6.45, 7) is 4.09. The third kappa shape index (κ3) is 3.59. The van der Waals surface area contributed by atoms with Gasteiger partial charge in [0.15, 0.2) is 5.75 Å². The van der Waals surface area contributed by atoms with Crippen LogP contribution in [-0.4, -0.2) is 18.1 Å². The first-order chi connectivity index (χ1) is 7.95. The van der Waals surface area contributed by atoms with E-state index in [4.69, 9.17) is 33.7 Å². The van der Waals surface area contributed by atoms with Crippen molar-refractivity contribution < 1.29 is 9.66 Å². The maximum atomic E-state index is 10.5. The summed E-state index contributed by atoms with van der Waals surface area (Å²) in [5.41, 5.74) is 5.81. The highest BCUT2D eigenvalue weighted by Gasteiger charge is 2.15. The Morgan fingerprint density at radius 2 is 2.00 bits per heavy atom. The molecule has 2 N–H and O–H groups in total. The molecule has 0 fully saturated rings. The van der Waals surface area contributed by atoms with E-state index in [0.29, 0.717) is 5.57 Å². The lowest BCUT2D eigenvalue weighted by molar-refractivity contribution is -0.384. The molecule has 0 bridgehead atoms. The monoisotopic (exact) mass is 276 g/mol. The average Bonchev–Trinajstić information content (AvgIpc) is 2.27. The minimum Gasteiger partial charge on any atom is -0.486 e. The molecule has 0 amide bonds. The fourth-order valence-electron chi connectivity index (χ4n) is 1.02. The molecule has 92 valence electrons. The number of benzene rings is 1. The zero-order chi connectivity index (χ0) is 13.0. The van der Waals surface area contributed by atoms with E-state index in [1.807, 2.05) is 0 Å². The molecule has 1 aromatic rings. The van der Waals surface area contributed by atoms with Crippen LogP contribution >= 0.6 is 23.2 Å². The molecule has 1 rings (SSSR count). The molecule has 0 unspecified atom stereocenters. The maximum Gasteiger partial charge on any atom is 0.272 e. The Balaban J connectivity index is 2.94. The Labute approximate surface area is 108 Å². The van der Waals surface area contributed by atoms with Crippen molar-refractivity contribution in [1.29, 1.82) is 0 Å². The van der Waals surface area contributed by atoms with Crippen LogP contribution in [0.5, 0.6) is 5.75 Å². The van der Waals surface area contributed by atoms with Crippen molar-refractivity contribution in [1.82, 2.24) is 0 Å². The lowest BCUT2D eigenvalue weighted by Gasteiger charge is -2.10. The number of hydrogen-bond donors (Lipinski definition) is 1. The summed E-state index contributed by atoms with van der Waals surface area (Å²) >= 11 is 11.7. The van der Waals surface area contributed by atoms with Crippen molar-refractivity contribution in [2.45, 2.75) is 0 Å². The lowest BCUT2D eigenvalue weighted by Crippen LogP contribution is -2.10. The predicted molar refractivity (Wildman–Crippen MR) is 66.8 cm³/mol. The van der Waals surface area contributed by atoms with Gasteiger partial charge in [0, 0.05) is 18.7 Å². The van der Waals surface area contributed by atoms with Crippen molar-refractivity contribution in [3.8, 4) is 5.75 Å². The summed E-state index contributed by atoms with van der Waals surface area (Å²) in [7, 11) is 0. The smallest absolute Gasteiger partial charge is 0.272 e. The molecule has 0 aliphatic rings. The molecule has 0 aliphatic heterocycles. The van der Waals surface area contributed by atoms with Gasteiger partial charge in [0.2, 0.25) is 0 Å². The second kappa shape index (κ2) is 5.86. The van der Waals surface area contributed by atoms with Gasteiger partial charge in [0.1, 0.15) is 6.61 Å². The van der Waals surface area contributed by atoms with Crippen LogP contribution in [0.15, 0.2) is 24.3 Å². The van der Waals surface area contributed by atoms with E-state index < -0.39 is 4.92 Å². The van der Waals surface area contributed by atoms with Crippen LogP contribution in [0, 0.1) is 10.1 Å². The van der Waals surface area contributed by atoms with Crippen molar-refractivity contribution >= 4 is 28.9 Å². The van der Waals surface area contributed by atoms with Gasteiger partial charge in [0.25, 0.3) is 5.69 Å². The quantitative estimate of drug-likeness (QED) is 0.510. The zero-order valence-corrected chi connectivity index (χ0v) is 10.3. The van der Waals surface area contributed by atoms with E-state index in [2.05, 4.69) is 6.58 Å². The van der Waals surface area contributed by atoms with Crippen LogP contribution in [0.25, 0.3) is 0 Å². The number of nitro groups is 1. The Bertz CT molecular complexity index is 440. The van der Waals surface area contributed by atoms with E-state index in [-0.39, 0.29) is 34.6 Å². The number of nitrogens with two attached hydrogens (primary N) is 1. The summed E-state index contributed by atoms with van der Waals surface area (Å²) < 4.78 is 5.29. The van der Waals surface area contributed by atoms with Gasteiger partial charge in [-0.25, -0.2) is 0 Å². The molecule has 0 aliphatic carbocycles. The summed E-state index contributed by atoms with van der Waals surface area (Å²) in [5, 5.41) is 10.7. The zero-order valence-electron chi connectivity index (χ0n) is 8.78. The number of nitro benzene ring substituents is 1. The minimum atomic E-state index is -0.583. The highest BCUT2D eigenvalue weighted by molar-refractivity contribution is 6.37. The molecule has 0 aromatic heterocycles. The number of nitrogens with zero attached hydrogens (tertiary/aromatic N) is 1. The van der Waals surface area contributed by atoms with Crippen molar-refractivity contribution in [2.75, 3.05) is 13.2 Å². The standard InChI is InChI=1S/C10H10Cl2N2O3/c1-6(4-13)5-17-10-8(11)2-7(14(15)16)3-9(10)12/h2-3H,1,4-5,13H2. The van der Waals surface area contributed by atoms with Crippen LogP contribution in [0.3, 0.4) is 0 Å². The topological polar surface area (TPSA) is 78.4 Å². The predicted octanol–water partition coefficient (Wildman–Crippen LogP) is 2.80. The first-order valence-electron chi connectivity index (χ1n) is 4.58. The second-order valence-electron chi connectivity index (χ2n) is 3.24. The summed E-state index contributed by atoms with van der Waals surface area (Å²) in [6, 6.07) is 2.35. The fourth-order valence-corrected chi connectivity index (χ4v) is 1.61. The third-order valence-corrected chi connectivity index (χ3v) is 2.46. The molecular formula is C10H10Cl2N2O3. The lowest BCUT2D eigenvalue weighted by atomic mass is 10.3. The van der Waals surface area contributed by atoms with Gasteiger partial charge >= 0.3 is 0 Å². The van der Waals surface area contributed by atoms with Gasteiger partial charge in [-0.15, -0.1) is 0 Å². The first-order valence-corrected chi connectivity index (χ1v) is 5.34. The van der Waals surface area contributed by atoms with Crippen LogP contribution < -0.4 is 10.5 Å². The highest BCUT2D eigenvalue weighted by atomic mass is 35.5. The van der Waals surface area contributed by atoms with Crippen molar-refractivity contribution in [3.63, 3.8) is 0 Å². The highest BCUT2D eigenvalue weighted by Crippen LogP contribution is 2.36. The molecule has 0 spiro atoms. The molecule has 0 atom stereocenters. The normalized spacial score (nSPS) is 10.1. The third-order valence-electron chi connectivity index (χ3n) is 1.90. The van der Waals surface area contributed by atoms with Gasteiger partial charge in [-0.2, -0.15) is 0 Å². The minimum absolute atomic E-state index is 0.0778. The Hall–Kier alpha value is -1.30. The van der Waals surface area contributed by atoms with Crippen molar-refractivity contribution in [3.05, 3.63) is 44.4 Å². The number of ether oxygens (including phenoxy) is 1. The SMILES string of the molecule is C=C(CN)COc1c(Cl)cc([N+](=O)[O-])cc1Cl. The summed E-state index contributed by atoms with van der Waals surface area (Å²) in [5.74, 6) is 0.188. The van der Waals surface area contributed by atoms with Gasteiger partial charge in [-0.1, -0.05) is 29.8 Å². The average molecular weight is 277 g/mol. The Kier molecular flexibility index (Phi) is 4.74. The van der Waals surface area contributed by atoms with Crippen LogP contribution in [0.4, 0.5) is 5.69 Å². The molecule has 5 nitrogen and oxygen atoms in total. The Morgan fingerprint density at radius 3 is 2.41 bits per heavy atom. The molecule has 0 radical (unpaired) electrons. The molecule has 1 aromatic carbocycles. The van der Waals surface area contributed by atoms with Gasteiger partial charge in [0.05, 0.1) is 15.0 Å². The maximum absolute atomic E-state index is 10.5. The van der Waals surface area contributed by atoms with E-state index >= 15 is 0 Å². The summed E-state index contributed by atoms with van der Waals surface area (Å²) in [6.07, 6.45) is 0. The molecular weight excluding hydrogens is 267 g/mol. The molecule has 0 saturated carbocycles. The molecule has 17 heavy (non-hydrogen) atoms. The second-order valence-corrected chi connectivity index (χ2v) is 4.05. The summed E-state index contributed by atoms with van der Waals surface area (Å²) in [4.78, 5) is 9.96. The molecule has 7 heteroatoms. The number of rotatable bonds is 5. The molecule has 0 saturated heterocycles. The van der Waals surface area contributed by atoms with E-state index in [1.165, 1.54) is 12.1 Å². The van der Waals surface area contributed by atoms with E-state index in [9.17, 15) is 10.1 Å². The van der Waals surface area contributed by atoms with Crippen molar-refractivity contribution in [2.24, 2.45) is 5.73 Å².